The average molecular weight is 478 g/mol. The van der Waals surface area contributed by atoms with E-state index in [0.29, 0.717) is 57.6 Å². The summed E-state index contributed by atoms with van der Waals surface area (Å²) in [6.45, 7) is 2.05. The van der Waals surface area contributed by atoms with Crippen LogP contribution in [0.2, 0.25) is 0 Å². The van der Waals surface area contributed by atoms with Crippen LogP contribution in [0.25, 0.3) is 22.2 Å². The van der Waals surface area contributed by atoms with Gasteiger partial charge in [-0.15, -0.1) is 0 Å². The maximum atomic E-state index is 12.8. The van der Waals surface area contributed by atoms with Gasteiger partial charge in [-0.2, -0.15) is 5.26 Å². The van der Waals surface area contributed by atoms with Gasteiger partial charge in [-0.05, 0) is 54.5 Å². The number of nitrogens with zero attached hydrogens (tertiary/aromatic N) is 2. The zero-order chi connectivity index (χ0) is 24.8. The molecule has 0 bridgehead atoms. The minimum Gasteiger partial charge on any atom is -0.408 e. The Labute approximate surface area is 204 Å². The van der Waals surface area contributed by atoms with Crippen molar-refractivity contribution in [1.82, 2.24) is 4.57 Å². The summed E-state index contributed by atoms with van der Waals surface area (Å²) in [5.74, 6) is -0.866. The number of rotatable bonds is 10. The van der Waals surface area contributed by atoms with Crippen molar-refractivity contribution in [3.8, 4) is 17.2 Å². The van der Waals surface area contributed by atoms with Gasteiger partial charge in [0.1, 0.15) is 0 Å². The van der Waals surface area contributed by atoms with Crippen LogP contribution in [0.4, 0.5) is 0 Å². The highest BCUT2D eigenvalue weighted by molar-refractivity contribution is 5.88. The van der Waals surface area contributed by atoms with Gasteiger partial charge in [0.25, 0.3) is 0 Å². The Morgan fingerprint density at radius 3 is 2.60 bits per heavy atom. The number of Topliss-reactive ketones (excluding diaryl/α,β-unsaturated/α-hetero) is 1. The molecule has 184 valence electrons. The number of carbonyl (C=O) groups excluding carboxylic acids is 1. The molecule has 2 aromatic carbocycles. The molecule has 2 heterocycles. The van der Waals surface area contributed by atoms with Gasteiger partial charge in [-0.1, -0.05) is 30.3 Å². The zero-order valence-corrected chi connectivity index (χ0v) is 20.0. The minimum absolute atomic E-state index is 0.0612. The second-order valence-electron chi connectivity index (χ2n) is 9.17. The topological polar surface area (TPSA) is 120 Å². The first-order valence-electron chi connectivity index (χ1n) is 11.9. The quantitative estimate of drug-likeness (QED) is 0.444. The lowest BCUT2D eigenvalue weighted by atomic mass is 9.81. The SMILES string of the molecule is COCCCn1c(=O)oc2ccc(-c3ccc(C[C@@H](C#N)CC(=O)C4(N)CCOCC4)cc3)cc21. The fraction of sp³-hybridized carbons (Fsp3) is 0.444. The van der Waals surface area contributed by atoms with E-state index in [0.717, 1.165) is 22.2 Å². The second-order valence-corrected chi connectivity index (χ2v) is 9.17. The molecule has 1 aromatic heterocycles. The average Bonchev–Trinajstić information content (AvgIpc) is 3.18. The lowest BCUT2D eigenvalue weighted by Crippen LogP contribution is -2.52. The van der Waals surface area contributed by atoms with Crippen molar-refractivity contribution in [3.63, 3.8) is 0 Å². The summed E-state index contributed by atoms with van der Waals surface area (Å²) in [5, 5.41) is 9.64. The summed E-state index contributed by atoms with van der Waals surface area (Å²) in [4.78, 5) is 25.0. The van der Waals surface area contributed by atoms with Crippen molar-refractivity contribution >= 4 is 16.9 Å². The third-order valence-corrected chi connectivity index (χ3v) is 6.72. The first-order valence-corrected chi connectivity index (χ1v) is 11.9. The molecule has 35 heavy (non-hydrogen) atoms. The number of nitrogens with two attached hydrogens (primary N) is 1. The number of carbonyl (C=O) groups is 1. The van der Waals surface area contributed by atoms with Gasteiger partial charge in [0.15, 0.2) is 11.4 Å². The van der Waals surface area contributed by atoms with Crippen LogP contribution < -0.4 is 11.5 Å². The molecule has 1 aliphatic heterocycles. The van der Waals surface area contributed by atoms with Crippen molar-refractivity contribution in [2.24, 2.45) is 11.7 Å². The Morgan fingerprint density at radius 1 is 1.20 bits per heavy atom. The smallest absolute Gasteiger partial charge is 0.408 e. The molecule has 1 atom stereocenters. The second kappa shape index (κ2) is 11.0. The van der Waals surface area contributed by atoms with E-state index in [1.54, 1.807) is 11.7 Å². The Kier molecular flexibility index (Phi) is 7.81. The fourth-order valence-corrected chi connectivity index (χ4v) is 4.54. The van der Waals surface area contributed by atoms with Crippen LogP contribution in [0.1, 0.15) is 31.2 Å². The number of aryl methyl sites for hydroxylation is 1. The van der Waals surface area contributed by atoms with Crippen molar-refractivity contribution in [1.29, 1.82) is 5.26 Å². The van der Waals surface area contributed by atoms with Gasteiger partial charge >= 0.3 is 5.76 Å². The maximum absolute atomic E-state index is 12.8. The summed E-state index contributed by atoms with van der Waals surface area (Å²) >= 11 is 0. The molecule has 1 saturated heterocycles. The number of benzene rings is 2. The molecule has 1 fully saturated rings. The molecular formula is C27H31N3O5. The van der Waals surface area contributed by atoms with Gasteiger partial charge in [-0.25, -0.2) is 4.79 Å². The highest BCUT2D eigenvalue weighted by Crippen LogP contribution is 2.27. The molecule has 0 unspecified atom stereocenters. The largest absolute Gasteiger partial charge is 0.419 e. The van der Waals surface area contributed by atoms with E-state index >= 15 is 0 Å². The van der Waals surface area contributed by atoms with Crippen molar-refractivity contribution < 1.29 is 18.7 Å². The van der Waals surface area contributed by atoms with Gasteiger partial charge in [-0.3, -0.25) is 9.36 Å². The Bertz CT molecular complexity index is 1260. The van der Waals surface area contributed by atoms with E-state index in [-0.39, 0.29) is 18.0 Å². The van der Waals surface area contributed by atoms with Crippen LogP contribution in [0, 0.1) is 17.2 Å². The Balaban J connectivity index is 1.46. The van der Waals surface area contributed by atoms with E-state index in [2.05, 4.69) is 6.07 Å². The number of oxazole rings is 1. The monoisotopic (exact) mass is 477 g/mol. The van der Waals surface area contributed by atoms with E-state index in [9.17, 15) is 14.9 Å². The summed E-state index contributed by atoms with van der Waals surface area (Å²) in [6.07, 6.45) is 2.34. The number of hydrogen-bond donors (Lipinski definition) is 1. The Hall–Kier alpha value is -3.25. The zero-order valence-electron chi connectivity index (χ0n) is 20.0. The van der Waals surface area contributed by atoms with E-state index in [1.165, 1.54) is 0 Å². The number of methoxy groups -OCH3 is 1. The first kappa shape index (κ1) is 24.9. The molecule has 0 saturated carbocycles. The van der Waals surface area contributed by atoms with Gasteiger partial charge in [0, 0.05) is 39.9 Å². The molecule has 4 rings (SSSR count). The van der Waals surface area contributed by atoms with Gasteiger partial charge in [0.05, 0.1) is 23.0 Å². The number of hydrogen-bond acceptors (Lipinski definition) is 7. The molecule has 0 radical (unpaired) electrons. The van der Waals surface area contributed by atoms with Crippen LogP contribution in [-0.2, 0) is 27.2 Å². The lowest BCUT2D eigenvalue weighted by Gasteiger charge is -2.32. The summed E-state index contributed by atoms with van der Waals surface area (Å²) in [5.41, 5.74) is 9.64. The molecule has 1 aliphatic rings. The number of ketones is 1. The van der Waals surface area contributed by atoms with E-state index < -0.39 is 11.5 Å². The summed E-state index contributed by atoms with van der Waals surface area (Å²) in [6, 6.07) is 15.9. The molecule has 3 aromatic rings. The van der Waals surface area contributed by atoms with E-state index in [1.807, 2.05) is 42.5 Å². The van der Waals surface area contributed by atoms with Crippen LogP contribution >= 0.6 is 0 Å². The number of nitriles is 1. The van der Waals surface area contributed by atoms with Crippen molar-refractivity contribution in [3.05, 3.63) is 58.6 Å². The van der Waals surface area contributed by atoms with Crippen molar-refractivity contribution in [2.75, 3.05) is 26.9 Å². The Morgan fingerprint density at radius 2 is 1.91 bits per heavy atom. The van der Waals surface area contributed by atoms with Crippen LogP contribution in [0.15, 0.2) is 51.7 Å². The van der Waals surface area contributed by atoms with Crippen LogP contribution in [-0.4, -0.2) is 42.8 Å². The standard InChI is InChI=1S/C27H31N3O5/c1-33-12-2-11-30-23-17-22(7-8-24(23)35-26(30)32)21-5-3-19(4-6-21)15-20(18-28)16-25(31)27(29)9-13-34-14-10-27/h3-8,17,20H,2,9-16,29H2,1H3/t20-/m1/s1. The molecular weight excluding hydrogens is 446 g/mol. The first-order chi connectivity index (χ1) is 16.9. The van der Waals surface area contributed by atoms with Gasteiger partial charge in [0.2, 0.25) is 0 Å². The third-order valence-electron chi connectivity index (χ3n) is 6.72. The number of ether oxygens (including phenoxy) is 2. The van der Waals surface area contributed by atoms with Gasteiger partial charge < -0.3 is 19.6 Å². The number of fused-ring (bicyclic) bond motifs is 1. The highest BCUT2D eigenvalue weighted by atomic mass is 16.5. The molecule has 0 spiro atoms. The normalized spacial score (nSPS) is 16.1. The van der Waals surface area contributed by atoms with E-state index in [4.69, 9.17) is 19.6 Å². The molecule has 8 nitrogen and oxygen atoms in total. The predicted octanol–water partition coefficient (Wildman–Crippen LogP) is 3.45. The van der Waals surface area contributed by atoms with Crippen molar-refractivity contribution in [2.45, 2.75) is 44.2 Å². The minimum atomic E-state index is -0.882. The molecule has 0 amide bonds. The number of aromatic nitrogens is 1. The molecule has 2 N–H and O–H groups in total. The molecule has 0 aliphatic carbocycles. The van der Waals surface area contributed by atoms with Crippen LogP contribution in [0.5, 0.6) is 0 Å². The summed E-state index contributed by atoms with van der Waals surface area (Å²) in [7, 11) is 1.63. The molecule has 8 heteroatoms. The highest BCUT2D eigenvalue weighted by Gasteiger charge is 2.36. The summed E-state index contributed by atoms with van der Waals surface area (Å²) < 4.78 is 17.4. The predicted molar refractivity (Wildman–Crippen MR) is 132 cm³/mol. The third kappa shape index (κ3) is 5.70. The van der Waals surface area contributed by atoms with Crippen LogP contribution in [0.3, 0.4) is 0 Å². The maximum Gasteiger partial charge on any atom is 0.419 e. The lowest BCUT2D eigenvalue weighted by molar-refractivity contribution is -0.128. The fourth-order valence-electron chi connectivity index (χ4n) is 4.54.